The second-order valence-corrected chi connectivity index (χ2v) is 8.47. The number of hydrogen-bond acceptors (Lipinski definition) is 2. The van der Waals surface area contributed by atoms with Crippen LogP contribution in [0.25, 0.3) is 11.4 Å². The van der Waals surface area contributed by atoms with Gasteiger partial charge in [0.05, 0.1) is 6.17 Å². The van der Waals surface area contributed by atoms with E-state index < -0.39 is 6.17 Å². The third-order valence-corrected chi connectivity index (χ3v) is 5.63. The van der Waals surface area contributed by atoms with E-state index in [4.69, 9.17) is 0 Å². The lowest BCUT2D eigenvalue weighted by Gasteiger charge is -2.07. The number of aromatic nitrogens is 2. The first-order valence-electron chi connectivity index (χ1n) is 11.8. The van der Waals surface area contributed by atoms with Crippen molar-refractivity contribution >= 4 is 0 Å². The average Bonchev–Trinajstić information content (AvgIpc) is 2.74. The van der Waals surface area contributed by atoms with Crippen LogP contribution in [0.2, 0.25) is 0 Å². The summed E-state index contributed by atoms with van der Waals surface area (Å²) in [6, 6.07) is 5.35. The van der Waals surface area contributed by atoms with E-state index in [1.807, 2.05) is 12.1 Å². The van der Waals surface area contributed by atoms with E-state index in [9.17, 15) is 8.78 Å². The Balaban J connectivity index is 1.76. The van der Waals surface area contributed by atoms with E-state index in [-0.39, 0.29) is 5.82 Å². The van der Waals surface area contributed by atoms with Crippen molar-refractivity contribution in [3.8, 4) is 11.4 Å². The van der Waals surface area contributed by atoms with Gasteiger partial charge in [0.15, 0.2) is 5.82 Å². The minimum Gasteiger partial charge on any atom is -0.248 e. The van der Waals surface area contributed by atoms with Gasteiger partial charge in [0.2, 0.25) is 0 Å². The Morgan fingerprint density at radius 3 is 2.10 bits per heavy atom. The van der Waals surface area contributed by atoms with Crippen molar-refractivity contribution < 1.29 is 8.78 Å². The van der Waals surface area contributed by atoms with Crippen LogP contribution >= 0.6 is 0 Å². The first-order valence-corrected chi connectivity index (χ1v) is 11.8. The molecule has 0 saturated heterocycles. The third kappa shape index (κ3) is 9.32. The molecule has 0 N–H and O–H groups in total. The summed E-state index contributed by atoms with van der Waals surface area (Å²) in [5, 5.41) is 0. The SMILES string of the molecule is CCCCCCCCCCc1ccc(-c2ncc(CCCCC(C)F)cn2)cc1F. The molecule has 0 fully saturated rings. The first kappa shape index (κ1) is 24.4. The number of aryl methyl sites for hydroxylation is 2. The molecule has 166 valence electrons. The van der Waals surface area contributed by atoms with Crippen molar-refractivity contribution in [3.63, 3.8) is 0 Å². The summed E-state index contributed by atoms with van der Waals surface area (Å²) in [7, 11) is 0. The number of hydrogen-bond donors (Lipinski definition) is 0. The Morgan fingerprint density at radius 1 is 0.833 bits per heavy atom. The van der Waals surface area contributed by atoms with Gasteiger partial charge in [0, 0.05) is 18.0 Å². The monoisotopic (exact) mass is 416 g/mol. The van der Waals surface area contributed by atoms with E-state index in [1.165, 1.54) is 44.9 Å². The van der Waals surface area contributed by atoms with E-state index in [0.717, 1.165) is 43.2 Å². The average molecular weight is 417 g/mol. The van der Waals surface area contributed by atoms with E-state index >= 15 is 0 Å². The van der Waals surface area contributed by atoms with Gasteiger partial charge in [0.25, 0.3) is 0 Å². The molecule has 0 aliphatic rings. The molecule has 0 saturated carbocycles. The van der Waals surface area contributed by atoms with Crippen LogP contribution in [0.15, 0.2) is 30.6 Å². The zero-order valence-electron chi connectivity index (χ0n) is 18.8. The minimum atomic E-state index is -0.739. The number of nitrogens with zero attached hydrogens (tertiary/aromatic N) is 2. The smallest absolute Gasteiger partial charge is 0.159 e. The van der Waals surface area contributed by atoms with Crippen molar-refractivity contribution in [1.29, 1.82) is 0 Å². The topological polar surface area (TPSA) is 25.8 Å². The van der Waals surface area contributed by atoms with Crippen molar-refractivity contribution in [2.24, 2.45) is 0 Å². The van der Waals surface area contributed by atoms with Crippen molar-refractivity contribution in [2.45, 2.75) is 103 Å². The maximum atomic E-state index is 14.5. The molecule has 1 atom stereocenters. The summed E-state index contributed by atoms with van der Waals surface area (Å²) in [6.45, 7) is 3.83. The van der Waals surface area contributed by atoms with E-state index in [1.54, 1.807) is 25.4 Å². The molecule has 1 unspecified atom stereocenters. The fourth-order valence-electron chi connectivity index (χ4n) is 3.73. The maximum Gasteiger partial charge on any atom is 0.159 e. The highest BCUT2D eigenvalue weighted by Gasteiger charge is 2.08. The van der Waals surface area contributed by atoms with Gasteiger partial charge in [-0.1, -0.05) is 70.4 Å². The van der Waals surface area contributed by atoms with Crippen LogP contribution in [0.4, 0.5) is 8.78 Å². The van der Waals surface area contributed by atoms with Crippen molar-refractivity contribution in [1.82, 2.24) is 9.97 Å². The van der Waals surface area contributed by atoms with Crippen LogP contribution in [-0.4, -0.2) is 16.1 Å². The van der Waals surface area contributed by atoms with Gasteiger partial charge in [-0.15, -0.1) is 0 Å². The van der Waals surface area contributed by atoms with Gasteiger partial charge >= 0.3 is 0 Å². The van der Waals surface area contributed by atoms with Gasteiger partial charge in [-0.3, -0.25) is 0 Å². The molecule has 1 heterocycles. The highest BCUT2D eigenvalue weighted by molar-refractivity contribution is 5.55. The van der Waals surface area contributed by atoms with E-state index in [2.05, 4.69) is 16.9 Å². The molecule has 0 spiro atoms. The molecule has 0 bridgehead atoms. The number of rotatable bonds is 15. The molecule has 1 aromatic carbocycles. The fraction of sp³-hybridized carbons (Fsp3) is 0.615. The molecule has 0 aliphatic heterocycles. The summed E-state index contributed by atoms with van der Waals surface area (Å²) in [5.41, 5.74) is 2.53. The van der Waals surface area contributed by atoms with E-state index in [0.29, 0.717) is 17.8 Å². The predicted octanol–water partition coefficient (Wildman–Crippen LogP) is 8.04. The lowest BCUT2D eigenvalue weighted by molar-refractivity contribution is 0.331. The summed E-state index contributed by atoms with van der Waals surface area (Å²) in [5.74, 6) is 0.386. The van der Waals surface area contributed by atoms with Crippen LogP contribution < -0.4 is 0 Å². The fourth-order valence-corrected chi connectivity index (χ4v) is 3.73. The summed E-state index contributed by atoms with van der Waals surface area (Å²) < 4.78 is 27.3. The number of halogens is 2. The van der Waals surface area contributed by atoms with Gasteiger partial charge in [-0.2, -0.15) is 0 Å². The quantitative estimate of drug-likeness (QED) is 0.275. The standard InChI is InChI=1S/C26H38F2N2/c1-3-4-5-6-7-8-9-10-15-23-16-17-24(18-25(23)28)26-29-19-22(20-30-26)14-12-11-13-21(2)27/h16-21H,3-15H2,1-2H3. The van der Waals surface area contributed by atoms with Gasteiger partial charge < -0.3 is 0 Å². The largest absolute Gasteiger partial charge is 0.248 e. The summed E-state index contributed by atoms with van der Waals surface area (Å²) >= 11 is 0. The third-order valence-electron chi connectivity index (χ3n) is 5.63. The van der Waals surface area contributed by atoms with Crippen molar-refractivity contribution in [3.05, 3.63) is 47.5 Å². The van der Waals surface area contributed by atoms with Gasteiger partial charge in [-0.25, -0.2) is 18.7 Å². The Morgan fingerprint density at radius 2 is 1.47 bits per heavy atom. The second-order valence-electron chi connectivity index (χ2n) is 8.47. The highest BCUT2D eigenvalue weighted by atomic mass is 19.1. The molecule has 2 rings (SSSR count). The zero-order valence-corrected chi connectivity index (χ0v) is 18.8. The zero-order chi connectivity index (χ0) is 21.6. The van der Waals surface area contributed by atoms with Crippen LogP contribution in [0.5, 0.6) is 0 Å². The highest BCUT2D eigenvalue weighted by Crippen LogP contribution is 2.21. The van der Waals surface area contributed by atoms with Crippen LogP contribution in [0.1, 0.15) is 95.6 Å². The number of benzene rings is 1. The van der Waals surface area contributed by atoms with Crippen molar-refractivity contribution in [2.75, 3.05) is 0 Å². The molecule has 2 aromatic rings. The van der Waals surface area contributed by atoms with Gasteiger partial charge in [0.1, 0.15) is 5.82 Å². The normalized spacial score (nSPS) is 12.3. The Hall–Kier alpha value is -1.84. The minimum absolute atomic E-state index is 0.163. The predicted molar refractivity (Wildman–Crippen MR) is 122 cm³/mol. The summed E-state index contributed by atoms with van der Waals surface area (Å²) in [6.07, 6.45) is 16.9. The number of alkyl halides is 1. The van der Waals surface area contributed by atoms with Gasteiger partial charge in [-0.05, 0) is 56.2 Å². The molecular formula is C26H38F2N2. The molecular weight excluding hydrogens is 378 g/mol. The first-order chi connectivity index (χ1) is 14.6. The lowest BCUT2D eigenvalue weighted by Crippen LogP contribution is -1.97. The molecule has 1 aromatic heterocycles. The lowest BCUT2D eigenvalue weighted by atomic mass is 10.0. The Bertz CT molecular complexity index is 713. The van der Waals surface area contributed by atoms with Crippen LogP contribution in [-0.2, 0) is 12.8 Å². The molecule has 0 amide bonds. The molecule has 0 radical (unpaired) electrons. The summed E-state index contributed by atoms with van der Waals surface area (Å²) in [4.78, 5) is 8.80. The number of unbranched alkanes of at least 4 members (excludes halogenated alkanes) is 8. The Kier molecular flexibility index (Phi) is 11.6. The maximum absolute atomic E-state index is 14.5. The molecule has 0 aliphatic carbocycles. The molecule has 30 heavy (non-hydrogen) atoms. The molecule has 4 heteroatoms. The molecule has 2 nitrogen and oxygen atoms in total. The van der Waals surface area contributed by atoms with Crippen LogP contribution in [0, 0.1) is 5.82 Å². The second kappa shape index (κ2) is 14.2. The Labute approximate surface area is 181 Å². The van der Waals surface area contributed by atoms with Crippen LogP contribution in [0.3, 0.4) is 0 Å².